The molecule has 2 rings (SSSR count). The Labute approximate surface area is 119 Å². The van der Waals surface area contributed by atoms with Gasteiger partial charge < -0.3 is 5.73 Å². The molecular weight excluding hydrogens is 310 g/mol. The molecule has 0 aliphatic rings. The minimum absolute atomic E-state index is 0.161. The molecule has 0 saturated carbocycles. The number of benzene rings is 1. The fraction of sp³-hybridized carbons (Fsp3) is 0.214. The zero-order valence-corrected chi connectivity index (χ0v) is 12.3. The molecule has 18 heavy (non-hydrogen) atoms. The summed E-state index contributed by atoms with van der Waals surface area (Å²) in [6, 6.07) is 9.70. The van der Waals surface area contributed by atoms with Gasteiger partial charge in [-0.05, 0) is 40.5 Å². The van der Waals surface area contributed by atoms with E-state index in [2.05, 4.69) is 15.9 Å². The maximum Gasteiger partial charge on any atom is 0.168 e. The quantitative estimate of drug-likeness (QED) is 0.856. The maximum atomic E-state index is 12.3. The summed E-state index contributed by atoms with van der Waals surface area (Å²) in [4.78, 5) is 13.3. The maximum absolute atomic E-state index is 12.3. The Hall–Kier alpha value is -0.970. The summed E-state index contributed by atoms with van der Waals surface area (Å²) in [5, 5.41) is 1.99. The fourth-order valence-electron chi connectivity index (χ4n) is 1.87. The second-order valence-electron chi connectivity index (χ2n) is 4.03. The number of hydrogen-bond donors (Lipinski definition) is 1. The Bertz CT molecular complexity index is 550. The van der Waals surface area contributed by atoms with Gasteiger partial charge in [0.1, 0.15) is 0 Å². The Balaban J connectivity index is 2.18. The molecule has 4 heteroatoms. The van der Waals surface area contributed by atoms with Crippen LogP contribution in [-0.2, 0) is 12.8 Å². The number of nitrogens with two attached hydrogens (primary N) is 1. The van der Waals surface area contributed by atoms with Crippen molar-refractivity contribution < 1.29 is 4.79 Å². The van der Waals surface area contributed by atoms with Gasteiger partial charge in [-0.3, -0.25) is 4.79 Å². The second kappa shape index (κ2) is 6.27. The first-order valence-corrected chi connectivity index (χ1v) is 7.42. The van der Waals surface area contributed by atoms with Crippen LogP contribution in [0.4, 0.5) is 0 Å². The highest BCUT2D eigenvalue weighted by molar-refractivity contribution is 9.10. The third-order valence-electron chi connectivity index (χ3n) is 2.69. The van der Waals surface area contributed by atoms with Crippen molar-refractivity contribution in [3.63, 3.8) is 0 Å². The van der Waals surface area contributed by atoms with Gasteiger partial charge in [0.2, 0.25) is 0 Å². The smallest absolute Gasteiger partial charge is 0.168 e. The molecular formula is C14H14BrNOS. The molecule has 1 aromatic carbocycles. The van der Waals surface area contributed by atoms with E-state index in [1.807, 2.05) is 35.7 Å². The SMILES string of the molecule is NCCc1ccccc1C(=O)Cc1cc(Br)cs1. The lowest BCUT2D eigenvalue weighted by Crippen LogP contribution is -2.10. The molecule has 0 saturated heterocycles. The molecule has 0 amide bonds. The molecule has 0 unspecified atom stereocenters. The molecule has 0 spiro atoms. The number of ketones is 1. The summed E-state index contributed by atoms with van der Waals surface area (Å²) in [5.74, 6) is 0.161. The Morgan fingerprint density at radius 3 is 2.78 bits per heavy atom. The number of halogens is 1. The molecule has 94 valence electrons. The third kappa shape index (κ3) is 3.28. The monoisotopic (exact) mass is 323 g/mol. The first-order chi connectivity index (χ1) is 8.70. The molecule has 0 radical (unpaired) electrons. The molecule has 2 N–H and O–H groups in total. The lowest BCUT2D eigenvalue weighted by Gasteiger charge is -2.06. The highest BCUT2D eigenvalue weighted by Crippen LogP contribution is 2.22. The molecule has 1 heterocycles. The molecule has 2 nitrogen and oxygen atoms in total. The molecule has 1 aromatic heterocycles. The Morgan fingerprint density at radius 1 is 1.33 bits per heavy atom. The van der Waals surface area contributed by atoms with Crippen molar-refractivity contribution in [2.75, 3.05) is 6.54 Å². The standard InChI is InChI=1S/C14H14BrNOS/c15-11-7-12(18-9-11)8-14(17)13-4-2-1-3-10(13)5-6-16/h1-4,7,9H,5-6,8,16H2. The van der Waals surface area contributed by atoms with Crippen LogP contribution in [-0.4, -0.2) is 12.3 Å². The summed E-state index contributed by atoms with van der Waals surface area (Å²) >= 11 is 5.00. The normalized spacial score (nSPS) is 10.6. The minimum atomic E-state index is 0.161. The summed E-state index contributed by atoms with van der Waals surface area (Å²) in [6.45, 7) is 0.564. The Kier molecular flexibility index (Phi) is 4.69. The van der Waals surface area contributed by atoms with Gasteiger partial charge >= 0.3 is 0 Å². The van der Waals surface area contributed by atoms with E-state index in [0.717, 1.165) is 26.9 Å². The van der Waals surface area contributed by atoms with Gasteiger partial charge in [-0.15, -0.1) is 11.3 Å². The van der Waals surface area contributed by atoms with Crippen LogP contribution in [0.1, 0.15) is 20.8 Å². The van der Waals surface area contributed by atoms with Gasteiger partial charge in [-0.2, -0.15) is 0 Å². The van der Waals surface area contributed by atoms with Crippen LogP contribution >= 0.6 is 27.3 Å². The highest BCUT2D eigenvalue weighted by Gasteiger charge is 2.12. The Morgan fingerprint density at radius 2 is 2.11 bits per heavy atom. The second-order valence-corrected chi connectivity index (χ2v) is 5.94. The predicted octanol–water partition coefficient (Wildman–Crippen LogP) is 3.44. The van der Waals surface area contributed by atoms with E-state index in [4.69, 9.17) is 5.73 Å². The van der Waals surface area contributed by atoms with E-state index >= 15 is 0 Å². The number of Topliss-reactive ketones (excluding diaryl/α,β-unsaturated/α-hetero) is 1. The minimum Gasteiger partial charge on any atom is -0.330 e. The lowest BCUT2D eigenvalue weighted by atomic mass is 9.99. The fourth-order valence-corrected chi connectivity index (χ4v) is 3.32. The van der Waals surface area contributed by atoms with E-state index in [1.165, 1.54) is 0 Å². The first-order valence-electron chi connectivity index (χ1n) is 5.75. The van der Waals surface area contributed by atoms with Gasteiger partial charge in [0.05, 0.1) is 0 Å². The molecule has 2 aromatic rings. The van der Waals surface area contributed by atoms with Crippen LogP contribution in [0.25, 0.3) is 0 Å². The van der Waals surface area contributed by atoms with Crippen LogP contribution < -0.4 is 5.73 Å². The van der Waals surface area contributed by atoms with E-state index in [0.29, 0.717) is 13.0 Å². The predicted molar refractivity (Wildman–Crippen MR) is 79.3 cm³/mol. The number of rotatable bonds is 5. The van der Waals surface area contributed by atoms with Crippen LogP contribution in [0.2, 0.25) is 0 Å². The first kappa shape index (κ1) is 13.5. The summed E-state index contributed by atoms with van der Waals surface area (Å²) < 4.78 is 1.03. The molecule has 0 atom stereocenters. The van der Waals surface area contributed by atoms with E-state index in [1.54, 1.807) is 11.3 Å². The van der Waals surface area contributed by atoms with Crippen molar-refractivity contribution >= 4 is 33.0 Å². The average Bonchev–Trinajstić information content (AvgIpc) is 2.76. The van der Waals surface area contributed by atoms with E-state index < -0.39 is 0 Å². The molecule has 0 bridgehead atoms. The van der Waals surface area contributed by atoms with Gasteiger partial charge in [0, 0.05) is 26.7 Å². The summed E-state index contributed by atoms with van der Waals surface area (Å²) in [7, 11) is 0. The topological polar surface area (TPSA) is 43.1 Å². The van der Waals surface area contributed by atoms with Crippen molar-refractivity contribution in [3.05, 3.63) is 56.2 Å². The average molecular weight is 324 g/mol. The lowest BCUT2D eigenvalue weighted by molar-refractivity contribution is 0.0993. The molecule has 0 aliphatic heterocycles. The third-order valence-corrected chi connectivity index (χ3v) is 4.39. The van der Waals surface area contributed by atoms with Crippen LogP contribution in [0.3, 0.4) is 0 Å². The van der Waals surface area contributed by atoms with Crippen LogP contribution in [0.5, 0.6) is 0 Å². The number of carbonyl (C=O) groups excluding carboxylic acids is 1. The zero-order valence-electron chi connectivity index (χ0n) is 9.86. The van der Waals surface area contributed by atoms with Crippen LogP contribution in [0.15, 0.2) is 40.2 Å². The number of thiophene rings is 1. The van der Waals surface area contributed by atoms with Gasteiger partial charge in [0.15, 0.2) is 5.78 Å². The van der Waals surface area contributed by atoms with Gasteiger partial charge in [-0.25, -0.2) is 0 Å². The van der Waals surface area contributed by atoms with Crippen molar-refractivity contribution in [1.82, 2.24) is 0 Å². The van der Waals surface area contributed by atoms with Gasteiger partial charge in [0.25, 0.3) is 0 Å². The van der Waals surface area contributed by atoms with Crippen molar-refractivity contribution in [3.8, 4) is 0 Å². The number of hydrogen-bond acceptors (Lipinski definition) is 3. The summed E-state index contributed by atoms with van der Waals surface area (Å²) in [5.41, 5.74) is 7.41. The molecule has 0 aliphatic carbocycles. The number of carbonyl (C=O) groups is 1. The van der Waals surface area contributed by atoms with Gasteiger partial charge in [-0.1, -0.05) is 24.3 Å². The van der Waals surface area contributed by atoms with E-state index in [-0.39, 0.29) is 5.78 Å². The molecule has 0 fully saturated rings. The highest BCUT2D eigenvalue weighted by atomic mass is 79.9. The summed E-state index contributed by atoms with van der Waals surface area (Å²) in [6.07, 6.45) is 1.20. The van der Waals surface area contributed by atoms with Crippen molar-refractivity contribution in [2.24, 2.45) is 5.73 Å². The van der Waals surface area contributed by atoms with Crippen molar-refractivity contribution in [2.45, 2.75) is 12.8 Å². The largest absolute Gasteiger partial charge is 0.330 e. The zero-order chi connectivity index (χ0) is 13.0. The van der Waals surface area contributed by atoms with Crippen molar-refractivity contribution in [1.29, 1.82) is 0 Å². The van der Waals surface area contributed by atoms with Crippen LogP contribution in [0, 0.1) is 0 Å². The van der Waals surface area contributed by atoms with E-state index in [9.17, 15) is 4.79 Å².